The van der Waals surface area contributed by atoms with Crippen molar-refractivity contribution in [1.29, 1.82) is 0 Å². The molecule has 1 aliphatic rings. The number of carbonyl (C=O) groups excluding carboxylic acids is 1. The average molecular weight is 339 g/mol. The zero-order valence-electron chi connectivity index (χ0n) is 13.8. The van der Waals surface area contributed by atoms with E-state index in [2.05, 4.69) is 10.2 Å². The molecule has 0 spiro atoms. The Labute approximate surface area is 138 Å². The van der Waals surface area contributed by atoms with Gasteiger partial charge in [0.25, 0.3) is 5.91 Å². The first-order chi connectivity index (χ1) is 11.0. The number of piperazine rings is 1. The van der Waals surface area contributed by atoms with Crippen molar-refractivity contribution in [2.24, 2.45) is 0 Å². The first-order valence-electron chi connectivity index (χ1n) is 8.03. The molecule has 1 heterocycles. The Morgan fingerprint density at radius 3 is 2.48 bits per heavy atom. The maximum absolute atomic E-state index is 11.9. The molecule has 1 fully saturated rings. The summed E-state index contributed by atoms with van der Waals surface area (Å²) >= 11 is 0. The minimum Gasteiger partial charge on any atom is -0.352 e. The predicted molar refractivity (Wildman–Crippen MR) is 90.8 cm³/mol. The summed E-state index contributed by atoms with van der Waals surface area (Å²) in [6, 6.07) is 7.59. The van der Waals surface area contributed by atoms with Gasteiger partial charge in [0, 0.05) is 44.8 Å². The third kappa shape index (κ3) is 4.76. The molecule has 0 atom stereocenters. The topological polar surface area (TPSA) is 69.7 Å². The molecule has 1 aromatic carbocycles. The van der Waals surface area contributed by atoms with Crippen LogP contribution in [0.3, 0.4) is 0 Å². The molecule has 128 valence electrons. The average Bonchev–Trinajstić information content (AvgIpc) is 2.56. The molecule has 0 saturated carbocycles. The van der Waals surface area contributed by atoms with Crippen molar-refractivity contribution in [2.75, 3.05) is 38.5 Å². The summed E-state index contributed by atoms with van der Waals surface area (Å²) in [6.45, 7) is 7.40. The van der Waals surface area contributed by atoms with E-state index in [1.165, 1.54) is 0 Å². The Morgan fingerprint density at radius 2 is 1.87 bits per heavy atom. The second-order valence-electron chi connectivity index (χ2n) is 5.64. The van der Waals surface area contributed by atoms with Gasteiger partial charge in [0.1, 0.15) is 0 Å². The normalized spacial score (nSPS) is 17.1. The highest BCUT2D eigenvalue weighted by Crippen LogP contribution is 2.13. The molecular weight excluding hydrogens is 314 g/mol. The summed E-state index contributed by atoms with van der Waals surface area (Å²) < 4.78 is 25.3. The molecule has 2 rings (SSSR count). The lowest BCUT2D eigenvalue weighted by Gasteiger charge is -2.33. The van der Waals surface area contributed by atoms with Gasteiger partial charge in [-0.2, -0.15) is 4.31 Å². The predicted octanol–water partition coefficient (Wildman–Crippen LogP) is 0.904. The van der Waals surface area contributed by atoms with Crippen LogP contribution in [-0.4, -0.2) is 62.0 Å². The molecule has 1 saturated heterocycles. The van der Waals surface area contributed by atoms with E-state index in [1.54, 1.807) is 17.3 Å². The smallest absolute Gasteiger partial charge is 0.251 e. The van der Waals surface area contributed by atoms with Gasteiger partial charge in [0.05, 0.1) is 5.75 Å². The number of hydrogen-bond donors (Lipinski definition) is 1. The highest BCUT2D eigenvalue weighted by Gasteiger charge is 2.25. The maximum Gasteiger partial charge on any atom is 0.251 e. The molecule has 1 N–H and O–H groups in total. The molecule has 0 unspecified atom stereocenters. The molecule has 0 aromatic heterocycles. The van der Waals surface area contributed by atoms with Crippen molar-refractivity contribution < 1.29 is 13.2 Å². The van der Waals surface area contributed by atoms with E-state index in [0.717, 1.165) is 12.1 Å². The molecule has 7 heteroatoms. The maximum atomic E-state index is 11.9. The van der Waals surface area contributed by atoms with E-state index in [1.807, 2.05) is 25.1 Å². The Morgan fingerprint density at radius 1 is 1.17 bits per heavy atom. The van der Waals surface area contributed by atoms with Gasteiger partial charge < -0.3 is 5.32 Å². The van der Waals surface area contributed by atoms with Crippen LogP contribution in [0.5, 0.6) is 0 Å². The highest BCUT2D eigenvalue weighted by molar-refractivity contribution is 7.89. The van der Waals surface area contributed by atoms with Gasteiger partial charge in [-0.15, -0.1) is 0 Å². The van der Waals surface area contributed by atoms with Gasteiger partial charge in [-0.25, -0.2) is 8.42 Å². The first kappa shape index (κ1) is 17.9. The number of rotatable bonds is 6. The lowest BCUT2D eigenvalue weighted by Crippen LogP contribution is -2.48. The second-order valence-corrected chi connectivity index (χ2v) is 7.89. The van der Waals surface area contributed by atoms with E-state index in [-0.39, 0.29) is 11.7 Å². The lowest BCUT2D eigenvalue weighted by atomic mass is 10.1. The monoisotopic (exact) mass is 339 g/mol. The molecule has 0 bridgehead atoms. The van der Waals surface area contributed by atoms with Crippen molar-refractivity contribution in [3.8, 4) is 0 Å². The van der Waals surface area contributed by atoms with Crippen molar-refractivity contribution in [3.05, 3.63) is 35.4 Å². The van der Waals surface area contributed by atoms with E-state index in [4.69, 9.17) is 0 Å². The number of benzene rings is 1. The van der Waals surface area contributed by atoms with Crippen LogP contribution >= 0.6 is 0 Å². The van der Waals surface area contributed by atoms with Gasteiger partial charge in [-0.3, -0.25) is 9.69 Å². The van der Waals surface area contributed by atoms with Crippen molar-refractivity contribution in [3.63, 3.8) is 0 Å². The van der Waals surface area contributed by atoms with Crippen LogP contribution < -0.4 is 5.32 Å². The third-order valence-corrected chi connectivity index (χ3v) is 5.90. The van der Waals surface area contributed by atoms with Gasteiger partial charge in [0.15, 0.2) is 0 Å². The number of nitrogens with zero attached hydrogens (tertiary/aromatic N) is 2. The summed E-state index contributed by atoms with van der Waals surface area (Å²) in [4.78, 5) is 14.1. The summed E-state index contributed by atoms with van der Waals surface area (Å²) in [6.07, 6.45) is 0. The van der Waals surface area contributed by atoms with Crippen LogP contribution in [0, 0.1) is 0 Å². The molecule has 1 aromatic rings. The summed E-state index contributed by atoms with van der Waals surface area (Å²) in [5, 5.41) is 2.80. The van der Waals surface area contributed by atoms with Crippen LogP contribution in [0.15, 0.2) is 24.3 Å². The number of amides is 1. The van der Waals surface area contributed by atoms with E-state index >= 15 is 0 Å². The van der Waals surface area contributed by atoms with Crippen LogP contribution in [0.4, 0.5) is 0 Å². The fourth-order valence-electron chi connectivity index (χ4n) is 2.68. The molecule has 0 aliphatic carbocycles. The van der Waals surface area contributed by atoms with E-state index in [9.17, 15) is 13.2 Å². The fraction of sp³-hybridized carbons (Fsp3) is 0.562. The number of hydrogen-bond acceptors (Lipinski definition) is 4. The van der Waals surface area contributed by atoms with E-state index in [0.29, 0.717) is 38.3 Å². The Hall–Kier alpha value is -1.44. The van der Waals surface area contributed by atoms with Gasteiger partial charge in [-0.05, 0) is 31.5 Å². The Kier molecular flexibility index (Phi) is 6.15. The minimum absolute atomic E-state index is 0.0618. The second kappa shape index (κ2) is 7.90. The molecular formula is C16H25N3O3S. The van der Waals surface area contributed by atoms with Crippen molar-refractivity contribution in [2.45, 2.75) is 20.4 Å². The molecule has 1 aliphatic heterocycles. The quantitative estimate of drug-likeness (QED) is 0.836. The third-order valence-electron chi connectivity index (χ3n) is 4.02. The molecule has 23 heavy (non-hydrogen) atoms. The van der Waals surface area contributed by atoms with Gasteiger partial charge in [-0.1, -0.05) is 12.1 Å². The first-order valence-corrected chi connectivity index (χ1v) is 9.64. The van der Waals surface area contributed by atoms with Crippen LogP contribution in [0.1, 0.15) is 29.8 Å². The fourth-order valence-corrected chi connectivity index (χ4v) is 3.76. The lowest BCUT2D eigenvalue weighted by molar-refractivity contribution is 0.0955. The molecule has 1 amide bonds. The number of nitrogens with one attached hydrogen (secondary N) is 1. The summed E-state index contributed by atoms with van der Waals surface area (Å²) in [7, 11) is -3.09. The Balaban J connectivity index is 1.94. The number of carbonyl (C=O) groups is 1. The largest absolute Gasteiger partial charge is 0.352 e. The van der Waals surface area contributed by atoms with Crippen molar-refractivity contribution in [1.82, 2.24) is 14.5 Å². The summed E-state index contributed by atoms with van der Waals surface area (Å²) in [5.41, 5.74) is 1.73. The minimum atomic E-state index is -3.09. The standard InChI is InChI=1S/C16H25N3O3S/c1-3-17-16(20)15-7-5-6-14(12-15)13-18-8-10-19(11-9-18)23(21,22)4-2/h5-7,12H,3-4,8-11,13H2,1-2H3,(H,17,20). The zero-order chi connectivity index (χ0) is 16.9. The number of sulfonamides is 1. The zero-order valence-corrected chi connectivity index (χ0v) is 14.6. The molecule has 0 radical (unpaired) electrons. The van der Waals surface area contributed by atoms with E-state index < -0.39 is 10.0 Å². The van der Waals surface area contributed by atoms with Gasteiger partial charge >= 0.3 is 0 Å². The SMILES string of the molecule is CCNC(=O)c1cccc(CN2CCN(S(=O)(=O)CC)CC2)c1. The van der Waals surface area contributed by atoms with Crippen LogP contribution in [0.2, 0.25) is 0 Å². The van der Waals surface area contributed by atoms with Crippen molar-refractivity contribution >= 4 is 15.9 Å². The van der Waals surface area contributed by atoms with Crippen LogP contribution in [0.25, 0.3) is 0 Å². The van der Waals surface area contributed by atoms with Crippen LogP contribution in [-0.2, 0) is 16.6 Å². The summed E-state index contributed by atoms with van der Waals surface area (Å²) in [5.74, 6) is 0.0925. The molecule has 6 nitrogen and oxygen atoms in total. The van der Waals surface area contributed by atoms with Gasteiger partial charge in [0.2, 0.25) is 10.0 Å². The Bertz CT molecular complexity index is 638. The highest BCUT2D eigenvalue weighted by atomic mass is 32.2.